The highest BCUT2D eigenvalue weighted by Crippen LogP contribution is 2.22. The number of hydrogen-bond donors (Lipinski definition) is 2. The molecule has 1 aliphatic carbocycles. The second-order valence-electron chi connectivity index (χ2n) is 4.56. The van der Waals surface area contributed by atoms with Crippen LogP contribution in [0.25, 0.3) is 0 Å². The summed E-state index contributed by atoms with van der Waals surface area (Å²) in [7, 11) is 0. The van der Waals surface area contributed by atoms with Gasteiger partial charge < -0.3 is 9.88 Å². The zero-order chi connectivity index (χ0) is 12.4. The summed E-state index contributed by atoms with van der Waals surface area (Å²) in [5.41, 5.74) is 2.81. The summed E-state index contributed by atoms with van der Waals surface area (Å²) in [5.74, 6) is -0.0680. The van der Waals surface area contributed by atoms with Crippen LogP contribution in [0.3, 0.4) is 0 Å². The summed E-state index contributed by atoms with van der Waals surface area (Å²) in [6, 6.07) is 3.95. The SMILES string of the molecule is O=C(NCCn1cccc1)c1n[nH]c2c1CCC2. The maximum Gasteiger partial charge on any atom is 0.272 e. The molecule has 0 saturated carbocycles. The Labute approximate surface area is 105 Å². The van der Waals surface area contributed by atoms with Gasteiger partial charge in [-0.1, -0.05) is 0 Å². The minimum absolute atomic E-state index is 0.0680. The van der Waals surface area contributed by atoms with Crippen LogP contribution < -0.4 is 5.32 Å². The Bertz CT molecular complexity index is 541. The van der Waals surface area contributed by atoms with Crippen LogP contribution in [0.1, 0.15) is 28.2 Å². The van der Waals surface area contributed by atoms with E-state index in [9.17, 15) is 4.79 Å². The number of rotatable bonds is 4. The Morgan fingerprint density at radius 3 is 3.06 bits per heavy atom. The average Bonchev–Trinajstić information content (AvgIpc) is 3.05. The highest BCUT2D eigenvalue weighted by Gasteiger charge is 2.22. The minimum Gasteiger partial charge on any atom is -0.353 e. The Hall–Kier alpha value is -2.04. The number of amides is 1. The van der Waals surface area contributed by atoms with Crippen LogP contribution in [-0.2, 0) is 19.4 Å². The monoisotopic (exact) mass is 244 g/mol. The molecule has 5 heteroatoms. The first-order valence-electron chi connectivity index (χ1n) is 6.29. The Kier molecular flexibility index (Phi) is 2.88. The summed E-state index contributed by atoms with van der Waals surface area (Å²) < 4.78 is 2.04. The molecule has 0 spiro atoms. The zero-order valence-electron chi connectivity index (χ0n) is 10.1. The number of nitrogens with zero attached hydrogens (tertiary/aromatic N) is 2. The smallest absolute Gasteiger partial charge is 0.272 e. The Balaban J connectivity index is 1.58. The molecule has 0 atom stereocenters. The van der Waals surface area contributed by atoms with E-state index in [2.05, 4.69) is 15.5 Å². The maximum absolute atomic E-state index is 12.0. The maximum atomic E-state index is 12.0. The predicted octanol–water partition coefficient (Wildman–Crippen LogP) is 1.13. The van der Waals surface area contributed by atoms with Crippen LogP contribution in [0.2, 0.25) is 0 Å². The van der Waals surface area contributed by atoms with Gasteiger partial charge in [-0.15, -0.1) is 0 Å². The van der Waals surface area contributed by atoms with Gasteiger partial charge in [0.15, 0.2) is 5.69 Å². The summed E-state index contributed by atoms with van der Waals surface area (Å²) in [6.45, 7) is 1.40. The third kappa shape index (κ3) is 2.03. The van der Waals surface area contributed by atoms with E-state index in [4.69, 9.17) is 0 Å². The van der Waals surface area contributed by atoms with Crippen molar-refractivity contribution in [2.45, 2.75) is 25.8 Å². The van der Waals surface area contributed by atoms with E-state index < -0.39 is 0 Å². The fraction of sp³-hybridized carbons (Fsp3) is 0.385. The van der Waals surface area contributed by atoms with E-state index in [0.717, 1.165) is 37.1 Å². The minimum atomic E-state index is -0.0680. The second-order valence-corrected chi connectivity index (χ2v) is 4.56. The molecule has 1 aliphatic rings. The largest absolute Gasteiger partial charge is 0.353 e. The highest BCUT2D eigenvalue weighted by molar-refractivity contribution is 5.94. The van der Waals surface area contributed by atoms with E-state index in [-0.39, 0.29) is 5.91 Å². The summed E-state index contributed by atoms with van der Waals surface area (Å²) in [4.78, 5) is 12.0. The van der Waals surface area contributed by atoms with Crippen molar-refractivity contribution < 1.29 is 4.79 Å². The lowest BCUT2D eigenvalue weighted by Crippen LogP contribution is -2.28. The van der Waals surface area contributed by atoms with Gasteiger partial charge in [0, 0.05) is 36.7 Å². The first kappa shape index (κ1) is 11.1. The molecule has 0 fully saturated rings. The van der Waals surface area contributed by atoms with E-state index in [0.29, 0.717) is 12.2 Å². The second kappa shape index (κ2) is 4.68. The van der Waals surface area contributed by atoms with Crippen molar-refractivity contribution >= 4 is 5.91 Å². The number of aromatic amines is 1. The molecule has 0 saturated heterocycles. The first-order chi connectivity index (χ1) is 8.84. The number of aromatic nitrogens is 3. The van der Waals surface area contributed by atoms with E-state index in [1.165, 1.54) is 0 Å². The normalized spacial score (nSPS) is 13.6. The van der Waals surface area contributed by atoms with Crippen molar-refractivity contribution in [1.29, 1.82) is 0 Å². The topological polar surface area (TPSA) is 62.7 Å². The first-order valence-corrected chi connectivity index (χ1v) is 6.29. The summed E-state index contributed by atoms with van der Waals surface area (Å²) in [6.07, 6.45) is 7.06. The molecule has 3 rings (SSSR count). The van der Waals surface area contributed by atoms with Gasteiger partial charge in [0.1, 0.15) is 0 Å². The molecular weight excluding hydrogens is 228 g/mol. The van der Waals surface area contributed by atoms with Crippen LogP contribution >= 0.6 is 0 Å². The summed E-state index contributed by atoms with van der Waals surface area (Å²) >= 11 is 0. The Morgan fingerprint density at radius 2 is 2.22 bits per heavy atom. The molecule has 2 aromatic rings. The lowest BCUT2D eigenvalue weighted by atomic mass is 10.2. The van der Waals surface area contributed by atoms with Crippen LogP contribution in [0.4, 0.5) is 0 Å². The molecule has 5 nitrogen and oxygen atoms in total. The predicted molar refractivity (Wildman–Crippen MR) is 67.4 cm³/mol. The molecular formula is C13H16N4O. The van der Waals surface area contributed by atoms with Crippen molar-refractivity contribution in [3.8, 4) is 0 Å². The van der Waals surface area contributed by atoms with Gasteiger partial charge in [-0.25, -0.2) is 0 Å². The molecule has 94 valence electrons. The number of fused-ring (bicyclic) bond motifs is 1. The van der Waals surface area contributed by atoms with Crippen molar-refractivity contribution in [1.82, 2.24) is 20.1 Å². The van der Waals surface area contributed by atoms with E-state index >= 15 is 0 Å². The van der Waals surface area contributed by atoms with E-state index in [1.807, 2.05) is 29.1 Å². The van der Waals surface area contributed by atoms with Crippen LogP contribution in [0.15, 0.2) is 24.5 Å². The molecule has 2 heterocycles. The molecule has 0 aliphatic heterocycles. The fourth-order valence-corrected chi connectivity index (χ4v) is 2.41. The summed E-state index contributed by atoms with van der Waals surface area (Å²) in [5, 5.41) is 9.98. The number of nitrogens with one attached hydrogen (secondary N) is 2. The standard InChI is InChI=1S/C13H16N4O/c18-13(14-6-9-17-7-1-2-8-17)12-10-4-3-5-11(10)15-16-12/h1-2,7-8H,3-6,9H2,(H,14,18)(H,15,16). The van der Waals surface area contributed by atoms with Gasteiger partial charge in [-0.05, 0) is 31.4 Å². The van der Waals surface area contributed by atoms with Crippen LogP contribution in [-0.4, -0.2) is 27.2 Å². The molecule has 0 radical (unpaired) electrons. The molecule has 1 amide bonds. The van der Waals surface area contributed by atoms with Gasteiger partial charge in [0.05, 0.1) is 0 Å². The molecule has 0 aromatic carbocycles. The van der Waals surface area contributed by atoms with Gasteiger partial charge in [-0.3, -0.25) is 9.89 Å². The molecule has 0 unspecified atom stereocenters. The Morgan fingerprint density at radius 1 is 1.39 bits per heavy atom. The van der Waals surface area contributed by atoms with Gasteiger partial charge in [0.2, 0.25) is 0 Å². The molecule has 2 N–H and O–H groups in total. The van der Waals surface area contributed by atoms with Crippen LogP contribution in [0, 0.1) is 0 Å². The quantitative estimate of drug-likeness (QED) is 0.847. The van der Waals surface area contributed by atoms with Gasteiger partial charge in [-0.2, -0.15) is 5.10 Å². The number of carbonyl (C=O) groups excluding carboxylic acids is 1. The average molecular weight is 244 g/mol. The third-order valence-corrected chi connectivity index (χ3v) is 3.34. The lowest BCUT2D eigenvalue weighted by molar-refractivity contribution is 0.0946. The fourth-order valence-electron chi connectivity index (χ4n) is 2.41. The van der Waals surface area contributed by atoms with Crippen LogP contribution in [0.5, 0.6) is 0 Å². The molecule has 0 bridgehead atoms. The van der Waals surface area contributed by atoms with Gasteiger partial charge >= 0.3 is 0 Å². The lowest BCUT2D eigenvalue weighted by Gasteiger charge is -2.05. The number of aryl methyl sites for hydroxylation is 1. The van der Waals surface area contributed by atoms with Crippen molar-refractivity contribution in [3.63, 3.8) is 0 Å². The van der Waals surface area contributed by atoms with Crippen molar-refractivity contribution in [2.24, 2.45) is 0 Å². The number of hydrogen-bond acceptors (Lipinski definition) is 2. The molecule has 2 aromatic heterocycles. The van der Waals surface area contributed by atoms with Crippen molar-refractivity contribution in [3.05, 3.63) is 41.5 Å². The van der Waals surface area contributed by atoms with Crippen molar-refractivity contribution in [2.75, 3.05) is 6.54 Å². The number of carbonyl (C=O) groups is 1. The van der Waals surface area contributed by atoms with Gasteiger partial charge in [0.25, 0.3) is 5.91 Å². The molecule has 18 heavy (non-hydrogen) atoms. The zero-order valence-corrected chi connectivity index (χ0v) is 10.1. The third-order valence-electron chi connectivity index (χ3n) is 3.34. The van der Waals surface area contributed by atoms with E-state index in [1.54, 1.807) is 0 Å². The number of H-pyrrole nitrogens is 1. The highest BCUT2D eigenvalue weighted by atomic mass is 16.1.